The van der Waals surface area contributed by atoms with Gasteiger partial charge >= 0.3 is 0 Å². The van der Waals surface area contributed by atoms with Gasteiger partial charge in [0.15, 0.2) is 5.65 Å². The van der Waals surface area contributed by atoms with E-state index in [0.717, 1.165) is 47.9 Å². The van der Waals surface area contributed by atoms with Crippen molar-refractivity contribution in [2.75, 3.05) is 13.1 Å². The number of hydrogen-bond donors (Lipinski definition) is 1. The van der Waals surface area contributed by atoms with Gasteiger partial charge in [0.25, 0.3) is 0 Å². The number of imidazole rings is 1. The van der Waals surface area contributed by atoms with E-state index in [4.69, 9.17) is 16.6 Å². The molecule has 1 aliphatic heterocycles. The van der Waals surface area contributed by atoms with Gasteiger partial charge < -0.3 is 9.88 Å². The van der Waals surface area contributed by atoms with Gasteiger partial charge in [-0.15, -0.1) is 0 Å². The van der Waals surface area contributed by atoms with Crippen molar-refractivity contribution in [3.05, 3.63) is 59.0 Å². The molecule has 4 nitrogen and oxygen atoms in total. The average Bonchev–Trinajstić information content (AvgIpc) is 3.16. The number of aromatic nitrogens is 3. The lowest BCUT2D eigenvalue weighted by Gasteiger charge is -2.15. The molecule has 0 saturated carbocycles. The Bertz CT molecular complexity index is 788. The van der Waals surface area contributed by atoms with Crippen molar-refractivity contribution in [2.45, 2.75) is 18.9 Å². The normalized spacial score (nSPS) is 18.1. The third-order valence-electron chi connectivity index (χ3n) is 4.20. The van der Waals surface area contributed by atoms with Crippen molar-refractivity contribution < 1.29 is 0 Å². The van der Waals surface area contributed by atoms with E-state index in [1.54, 1.807) is 0 Å². The number of pyridine rings is 1. The van der Waals surface area contributed by atoms with Gasteiger partial charge in [-0.25, -0.2) is 9.97 Å². The highest BCUT2D eigenvalue weighted by molar-refractivity contribution is 6.30. The molecule has 22 heavy (non-hydrogen) atoms. The highest BCUT2D eigenvalue weighted by Gasteiger charge is 2.22. The predicted octanol–water partition coefficient (Wildman–Crippen LogP) is 3.21. The van der Waals surface area contributed by atoms with E-state index in [0.29, 0.717) is 6.04 Å². The Morgan fingerprint density at radius 1 is 1.23 bits per heavy atom. The molecule has 1 fully saturated rings. The summed E-state index contributed by atoms with van der Waals surface area (Å²) in [4.78, 5) is 9.37. The molecule has 1 unspecified atom stereocenters. The van der Waals surface area contributed by atoms with Gasteiger partial charge in [0, 0.05) is 24.2 Å². The summed E-state index contributed by atoms with van der Waals surface area (Å²) in [5.41, 5.74) is 3.17. The van der Waals surface area contributed by atoms with Crippen molar-refractivity contribution in [2.24, 2.45) is 0 Å². The SMILES string of the molecule is Clc1ccc(Cc2nc3cccnc3n2C2CCNC2)cc1. The summed E-state index contributed by atoms with van der Waals surface area (Å²) in [6, 6.07) is 12.4. The number of nitrogens with zero attached hydrogens (tertiary/aromatic N) is 3. The van der Waals surface area contributed by atoms with Gasteiger partial charge in [0.1, 0.15) is 11.3 Å². The molecule has 3 aromatic rings. The monoisotopic (exact) mass is 312 g/mol. The molecule has 1 aromatic carbocycles. The highest BCUT2D eigenvalue weighted by Crippen LogP contribution is 2.25. The minimum absolute atomic E-state index is 0.433. The van der Waals surface area contributed by atoms with Gasteiger partial charge in [-0.05, 0) is 42.8 Å². The Morgan fingerprint density at radius 2 is 2.09 bits per heavy atom. The van der Waals surface area contributed by atoms with E-state index in [1.807, 2.05) is 30.5 Å². The summed E-state index contributed by atoms with van der Waals surface area (Å²) < 4.78 is 2.31. The third-order valence-corrected chi connectivity index (χ3v) is 4.45. The molecule has 112 valence electrons. The van der Waals surface area contributed by atoms with Crippen LogP contribution < -0.4 is 5.32 Å². The van der Waals surface area contributed by atoms with Gasteiger partial charge in [0.2, 0.25) is 0 Å². The minimum atomic E-state index is 0.433. The second-order valence-electron chi connectivity index (χ2n) is 5.69. The van der Waals surface area contributed by atoms with E-state index in [2.05, 4.69) is 27.0 Å². The summed E-state index contributed by atoms with van der Waals surface area (Å²) in [5.74, 6) is 1.07. The van der Waals surface area contributed by atoms with E-state index < -0.39 is 0 Å². The Balaban J connectivity index is 1.78. The van der Waals surface area contributed by atoms with Crippen LogP contribution in [-0.4, -0.2) is 27.6 Å². The Labute approximate surface area is 134 Å². The molecule has 0 aliphatic carbocycles. The zero-order chi connectivity index (χ0) is 14.9. The van der Waals surface area contributed by atoms with Crippen LogP contribution in [-0.2, 0) is 6.42 Å². The molecular weight excluding hydrogens is 296 g/mol. The summed E-state index contributed by atoms with van der Waals surface area (Å²) in [6.45, 7) is 2.03. The summed E-state index contributed by atoms with van der Waals surface area (Å²) in [7, 11) is 0. The van der Waals surface area contributed by atoms with Crippen molar-refractivity contribution in [3.63, 3.8) is 0 Å². The number of hydrogen-bond acceptors (Lipinski definition) is 3. The van der Waals surface area contributed by atoms with E-state index in [9.17, 15) is 0 Å². The molecule has 1 N–H and O–H groups in total. The van der Waals surface area contributed by atoms with Gasteiger partial charge in [-0.2, -0.15) is 0 Å². The molecule has 0 bridgehead atoms. The van der Waals surface area contributed by atoms with Crippen molar-refractivity contribution in [1.82, 2.24) is 19.9 Å². The lowest BCUT2D eigenvalue weighted by atomic mass is 10.1. The van der Waals surface area contributed by atoms with Crippen LogP contribution in [0.25, 0.3) is 11.2 Å². The van der Waals surface area contributed by atoms with Gasteiger partial charge in [0.05, 0.1) is 6.04 Å². The smallest absolute Gasteiger partial charge is 0.160 e. The zero-order valence-corrected chi connectivity index (χ0v) is 12.9. The van der Waals surface area contributed by atoms with Gasteiger partial charge in [-0.3, -0.25) is 0 Å². The van der Waals surface area contributed by atoms with Crippen LogP contribution in [0.2, 0.25) is 5.02 Å². The average molecular weight is 313 g/mol. The standard InChI is InChI=1S/C17H17ClN4/c18-13-5-3-12(4-6-13)10-16-21-15-2-1-8-20-17(15)22(16)14-7-9-19-11-14/h1-6,8,14,19H,7,9-11H2. The number of fused-ring (bicyclic) bond motifs is 1. The lowest BCUT2D eigenvalue weighted by molar-refractivity contribution is 0.538. The maximum atomic E-state index is 5.97. The van der Waals surface area contributed by atoms with Crippen molar-refractivity contribution in [1.29, 1.82) is 0 Å². The van der Waals surface area contributed by atoms with Crippen LogP contribution in [0.4, 0.5) is 0 Å². The topological polar surface area (TPSA) is 42.7 Å². The molecule has 0 amide bonds. The Morgan fingerprint density at radius 3 is 2.86 bits per heavy atom. The molecule has 1 saturated heterocycles. The fourth-order valence-corrected chi connectivity index (χ4v) is 3.26. The fourth-order valence-electron chi connectivity index (χ4n) is 3.13. The number of benzene rings is 1. The summed E-state index contributed by atoms with van der Waals surface area (Å²) in [6.07, 6.45) is 3.76. The lowest BCUT2D eigenvalue weighted by Crippen LogP contribution is -2.16. The van der Waals surface area contributed by atoms with Crippen LogP contribution >= 0.6 is 11.6 Å². The molecule has 5 heteroatoms. The predicted molar refractivity (Wildman–Crippen MR) is 88.3 cm³/mol. The minimum Gasteiger partial charge on any atom is -0.315 e. The largest absolute Gasteiger partial charge is 0.315 e. The molecular formula is C17H17ClN4. The summed E-state index contributed by atoms with van der Waals surface area (Å²) >= 11 is 5.97. The molecule has 0 radical (unpaired) electrons. The molecule has 0 spiro atoms. The second kappa shape index (κ2) is 5.71. The van der Waals surface area contributed by atoms with Crippen LogP contribution in [0.3, 0.4) is 0 Å². The third kappa shape index (κ3) is 2.49. The molecule has 1 aliphatic rings. The van der Waals surface area contributed by atoms with Gasteiger partial charge in [-0.1, -0.05) is 23.7 Å². The van der Waals surface area contributed by atoms with E-state index in [1.165, 1.54) is 5.56 Å². The number of rotatable bonds is 3. The fraction of sp³-hybridized carbons (Fsp3) is 0.294. The maximum Gasteiger partial charge on any atom is 0.160 e. The summed E-state index contributed by atoms with van der Waals surface area (Å²) in [5, 5.41) is 4.19. The first-order valence-corrected chi connectivity index (χ1v) is 7.96. The molecule has 3 heterocycles. The van der Waals surface area contributed by atoms with Crippen molar-refractivity contribution in [3.8, 4) is 0 Å². The first-order chi connectivity index (χ1) is 10.8. The zero-order valence-electron chi connectivity index (χ0n) is 12.2. The number of halogens is 1. The molecule has 1 atom stereocenters. The molecule has 4 rings (SSSR count). The number of nitrogens with one attached hydrogen (secondary N) is 1. The maximum absolute atomic E-state index is 5.97. The van der Waals surface area contributed by atoms with Crippen LogP contribution in [0, 0.1) is 0 Å². The first kappa shape index (κ1) is 13.7. The van der Waals surface area contributed by atoms with Crippen LogP contribution in [0.5, 0.6) is 0 Å². The van der Waals surface area contributed by atoms with E-state index in [-0.39, 0.29) is 0 Å². The quantitative estimate of drug-likeness (QED) is 0.807. The second-order valence-corrected chi connectivity index (χ2v) is 6.13. The van der Waals surface area contributed by atoms with Crippen LogP contribution in [0.1, 0.15) is 23.9 Å². The van der Waals surface area contributed by atoms with E-state index >= 15 is 0 Å². The first-order valence-electron chi connectivity index (χ1n) is 7.58. The Hall–Kier alpha value is -1.91. The highest BCUT2D eigenvalue weighted by atomic mass is 35.5. The Kier molecular flexibility index (Phi) is 3.56. The molecule has 2 aromatic heterocycles. The van der Waals surface area contributed by atoms with Crippen molar-refractivity contribution >= 4 is 22.8 Å². The van der Waals surface area contributed by atoms with Crippen LogP contribution in [0.15, 0.2) is 42.6 Å².